The van der Waals surface area contributed by atoms with Crippen molar-refractivity contribution in [2.45, 2.75) is 19.9 Å². The van der Waals surface area contributed by atoms with E-state index in [1.165, 1.54) is 13.0 Å². The van der Waals surface area contributed by atoms with E-state index in [4.69, 9.17) is 16.3 Å². The molecular formula is C24H21ClN2O4. The first kappa shape index (κ1) is 22.1. The highest BCUT2D eigenvalue weighted by molar-refractivity contribution is 6.30. The lowest BCUT2D eigenvalue weighted by Crippen LogP contribution is -2.24. The summed E-state index contributed by atoms with van der Waals surface area (Å²) < 4.78 is 5.01. The van der Waals surface area contributed by atoms with Gasteiger partial charge in [0.1, 0.15) is 5.75 Å². The molecule has 2 N–H and O–H groups in total. The van der Waals surface area contributed by atoms with Crippen molar-refractivity contribution in [1.82, 2.24) is 5.32 Å². The molecule has 0 saturated heterocycles. The standard InChI is InChI=1S/C24H21ClN2O4/c1-16(28)31-22-10-4-7-19(14-22)24(30)27-21-9-3-6-18(12-21)15-26-23(29)13-17-5-2-8-20(25)11-17/h2-12,14H,13,15H2,1H3,(H,26,29)(H,27,30). The molecule has 3 aromatic rings. The summed E-state index contributed by atoms with van der Waals surface area (Å²) in [6.45, 7) is 1.62. The number of rotatable bonds is 7. The summed E-state index contributed by atoms with van der Waals surface area (Å²) in [6, 6.07) is 20.7. The number of carbonyl (C=O) groups is 3. The molecule has 0 atom stereocenters. The van der Waals surface area contributed by atoms with Gasteiger partial charge in [-0.05, 0) is 53.6 Å². The van der Waals surface area contributed by atoms with Gasteiger partial charge >= 0.3 is 5.97 Å². The predicted molar refractivity (Wildman–Crippen MR) is 119 cm³/mol. The Morgan fingerprint density at radius 1 is 0.903 bits per heavy atom. The van der Waals surface area contributed by atoms with Crippen LogP contribution in [0.4, 0.5) is 5.69 Å². The smallest absolute Gasteiger partial charge is 0.308 e. The van der Waals surface area contributed by atoms with Crippen LogP contribution in [0.15, 0.2) is 72.8 Å². The van der Waals surface area contributed by atoms with Gasteiger partial charge in [0.2, 0.25) is 5.91 Å². The molecule has 0 heterocycles. The Morgan fingerprint density at radius 3 is 2.42 bits per heavy atom. The summed E-state index contributed by atoms with van der Waals surface area (Å²) in [5.74, 6) is -0.617. The fourth-order valence-corrected chi connectivity index (χ4v) is 3.14. The van der Waals surface area contributed by atoms with Crippen molar-refractivity contribution in [1.29, 1.82) is 0 Å². The number of halogens is 1. The monoisotopic (exact) mass is 436 g/mol. The van der Waals surface area contributed by atoms with Gasteiger partial charge in [0.15, 0.2) is 0 Å². The van der Waals surface area contributed by atoms with E-state index in [9.17, 15) is 14.4 Å². The number of hydrogen-bond acceptors (Lipinski definition) is 4. The molecule has 0 aliphatic rings. The van der Waals surface area contributed by atoms with Crippen LogP contribution in [-0.2, 0) is 22.6 Å². The van der Waals surface area contributed by atoms with Crippen molar-refractivity contribution < 1.29 is 19.1 Å². The number of nitrogens with one attached hydrogen (secondary N) is 2. The number of anilines is 1. The van der Waals surface area contributed by atoms with Gasteiger partial charge in [-0.25, -0.2) is 0 Å². The molecule has 0 bridgehead atoms. The van der Waals surface area contributed by atoms with Gasteiger partial charge in [-0.2, -0.15) is 0 Å². The second kappa shape index (κ2) is 10.4. The quantitative estimate of drug-likeness (QED) is 0.425. The Labute approximate surface area is 185 Å². The molecule has 0 aliphatic heterocycles. The third-order valence-electron chi connectivity index (χ3n) is 4.29. The maximum Gasteiger partial charge on any atom is 0.308 e. The van der Waals surface area contributed by atoms with E-state index >= 15 is 0 Å². The fourth-order valence-electron chi connectivity index (χ4n) is 2.92. The van der Waals surface area contributed by atoms with Gasteiger partial charge in [-0.1, -0.05) is 41.9 Å². The number of hydrogen-bond donors (Lipinski definition) is 2. The van der Waals surface area contributed by atoms with Gasteiger partial charge in [0, 0.05) is 29.7 Å². The zero-order valence-electron chi connectivity index (χ0n) is 16.9. The van der Waals surface area contributed by atoms with E-state index in [2.05, 4.69) is 10.6 Å². The van der Waals surface area contributed by atoms with Crippen molar-refractivity contribution in [3.8, 4) is 5.75 Å². The zero-order chi connectivity index (χ0) is 22.2. The molecule has 0 unspecified atom stereocenters. The van der Waals surface area contributed by atoms with Crippen LogP contribution >= 0.6 is 11.6 Å². The van der Waals surface area contributed by atoms with Crippen molar-refractivity contribution >= 4 is 35.1 Å². The molecule has 0 aliphatic carbocycles. The second-order valence-electron chi connectivity index (χ2n) is 6.86. The third-order valence-corrected chi connectivity index (χ3v) is 4.52. The number of benzene rings is 3. The van der Waals surface area contributed by atoms with Crippen LogP contribution in [0.25, 0.3) is 0 Å². The highest BCUT2D eigenvalue weighted by atomic mass is 35.5. The molecule has 0 radical (unpaired) electrons. The van der Waals surface area contributed by atoms with Gasteiger partial charge < -0.3 is 15.4 Å². The van der Waals surface area contributed by atoms with Crippen LogP contribution in [0.5, 0.6) is 5.75 Å². The van der Waals surface area contributed by atoms with Crippen molar-refractivity contribution in [2.24, 2.45) is 0 Å². The topological polar surface area (TPSA) is 84.5 Å². The van der Waals surface area contributed by atoms with Gasteiger partial charge in [-0.15, -0.1) is 0 Å². The molecule has 2 amide bonds. The molecule has 3 rings (SSSR count). The first-order valence-corrected chi connectivity index (χ1v) is 9.97. The van der Waals surface area contributed by atoms with Crippen LogP contribution in [0.2, 0.25) is 5.02 Å². The summed E-state index contributed by atoms with van der Waals surface area (Å²) in [5.41, 5.74) is 2.62. The first-order chi connectivity index (χ1) is 14.9. The Bertz CT molecular complexity index is 1110. The Morgan fingerprint density at radius 2 is 1.65 bits per heavy atom. The van der Waals surface area contributed by atoms with Crippen LogP contribution in [0, 0.1) is 0 Å². The Kier molecular flexibility index (Phi) is 7.40. The molecular weight excluding hydrogens is 416 g/mol. The maximum atomic E-state index is 12.5. The summed E-state index contributed by atoms with van der Waals surface area (Å²) in [5, 5.41) is 6.26. The lowest BCUT2D eigenvalue weighted by molar-refractivity contribution is -0.131. The summed E-state index contributed by atoms with van der Waals surface area (Å²) in [4.78, 5) is 35.8. The number of amides is 2. The molecule has 0 aromatic heterocycles. The molecule has 6 nitrogen and oxygen atoms in total. The molecule has 158 valence electrons. The van der Waals surface area contributed by atoms with E-state index in [-0.39, 0.29) is 18.2 Å². The van der Waals surface area contributed by atoms with E-state index < -0.39 is 5.97 Å². The van der Waals surface area contributed by atoms with E-state index in [0.29, 0.717) is 28.6 Å². The average molecular weight is 437 g/mol. The normalized spacial score (nSPS) is 10.3. The molecule has 31 heavy (non-hydrogen) atoms. The lowest BCUT2D eigenvalue weighted by atomic mass is 10.1. The fraction of sp³-hybridized carbons (Fsp3) is 0.125. The molecule has 0 fully saturated rings. The molecule has 0 saturated carbocycles. The third kappa shape index (κ3) is 6.97. The van der Waals surface area contributed by atoms with Crippen molar-refractivity contribution in [3.63, 3.8) is 0 Å². The van der Waals surface area contributed by atoms with Crippen molar-refractivity contribution in [3.05, 3.63) is 94.5 Å². The minimum Gasteiger partial charge on any atom is -0.427 e. The number of esters is 1. The molecule has 0 spiro atoms. The largest absolute Gasteiger partial charge is 0.427 e. The minimum atomic E-state index is -0.456. The highest BCUT2D eigenvalue weighted by Gasteiger charge is 2.09. The van der Waals surface area contributed by atoms with Crippen LogP contribution in [-0.4, -0.2) is 17.8 Å². The summed E-state index contributed by atoms with van der Waals surface area (Å²) in [6.07, 6.45) is 0.232. The minimum absolute atomic E-state index is 0.126. The van der Waals surface area contributed by atoms with Crippen LogP contribution < -0.4 is 15.4 Å². The van der Waals surface area contributed by atoms with Gasteiger partial charge in [0.05, 0.1) is 6.42 Å². The molecule has 7 heteroatoms. The number of ether oxygens (including phenoxy) is 1. The highest BCUT2D eigenvalue weighted by Crippen LogP contribution is 2.17. The SMILES string of the molecule is CC(=O)Oc1cccc(C(=O)Nc2cccc(CNC(=O)Cc3cccc(Cl)c3)c2)c1. The molecule has 3 aromatic carbocycles. The Hall–Kier alpha value is -3.64. The predicted octanol–water partition coefficient (Wildman–Crippen LogP) is 4.38. The van der Waals surface area contributed by atoms with Crippen LogP contribution in [0.3, 0.4) is 0 Å². The lowest BCUT2D eigenvalue weighted by Gasteiger charge is -2.10. The van der Waals surface area contributed by atoms with E-state index in [0.717, 1.165) is 11.1 Å². The second-order valence-corrected chi connectivity index (χ2v) is 7.30. The first-order valence-electron chi connectivity index (χ1n) is 9.59. The van der Waals surface area contributed by atoms with E-state index in [1.54, 1.807) is 54.6 Å². The average Bonchev–Trinajstić information content (AvgIpc) is 2.72. The number of carbonyl (C=O) groups excluding carboxylic acids is 3. The Balaban J connectivity index is 1.58. The van der Waals surface area contributed by atoms with E-state index in [1.807, 2.05) is 12.1 Å². The van der Waals surface area contributed by atoms with Crippen molar-refractivity contribution in [2.75, 3.05) is 5.32 Å². The van der Waals surface area contributed by atoms with Crippen LogP contribution in [0.1, 0.15) is 28.4 Å². The van der Waals surface area contributed by atoms with Gasteiger partial charge in [0.25, 0.3) is 5.91 Å². The zero-order valence-corrected chi connectivity index (χ0v) is 17.6. The summed E-state index contributed by atoms with van der Waals surface area (Å²) >= 11 is 5.95. The maximum absolute atomic E-state index is 12.5. The van der Waals surface area contributed by atoms with Gasteiger partial charge in [-0.3, -0.25) is 14.4 Å². The summed E-state index contributed by atoms with van der Waals surface area (Å²) in [7, 11) is 0.